The first-order chi connectivity index (χ1) is 9.33. The smallest absolute Gasteiger partial charge is 0.342 e. The largest absolute Gasteiger partial charge is 0.477 e. The highest BCUT2D eigenvalue weighted by Crippen LogP contribution is 2.28. The van der Waals surface area contributed by atoms with Gasteiger partial charge in [-0.05, 0) is 13.8 Å². The molecule has 0 radical (unpaired) electrons. The van der Waals surface area contributed by atoms with Crippen LogP contribution in [0.15, 0.2) is 12.3 Å². The highest BCUT2D eigenvalue weighted by Gasteiger charge is 2.33. The van der Waals surface area contributed by atoms with Gasteiger partial charge in [-0.15, -0.1) is 0 Å². The summed E-state index contributed by atoms with van der Waals surface area (Å²) in [5, 5.41) is 19.9. The molecule has 0 spiro atoms. The van der Waals surface area contributed by atoms with E-state index in [-0.39, 0.29) is 11.1 Å². The predicted octanol–water partition coefficient (Wildman–Crippen LogP) is 1.30. The maximum absolute atomic E-state index is 11.1. The minimum Gasteiger partial charge on any atom is -0.477 e. The van der Waals surface area contributed by atoms with E-state index in [4.69, 9.17) is 9.84 Å². The fraction of sp³-hybridized carbons (Fsp3) is 0.500. The molecule has 108 valence electrons. The number of carbonyl (C=O) groups is 1. The number of pyridine rings is 1. The third kappa shape index (κ3) is 2.55. The molecule has 0 bridgehead atoms. The quantitative estimate of drug-likeness (QED) is 0.657. The standard InChI is InChI=1S/C12H15N3O5/c1-12(2)7-20-4-3-14(12)10-5-8(11(16)17)9(6-13-10)15(18)19/h5-6H,3-4,7H2,1-2H3,(H,16,17). The molecule has 1 aromatic heterocycles. The van der Waals surface area contributed by atoms with Crippen molar-refractivity contribution in [1.82, 2.24) is 4.98 Å². The summed E-state index contributed by atoms with van der Waals surface area (Å²) in [6.45, 7) is 5.42. The van der Waals surface area contributed by atoms with Gasteiger partial charge in [0.2, 0.25) is 0 Å². The lowest BCUT2D eigenvalue weighted by Gasteiger charge is -2.42. The summed E-state index contributed by atoms with van der Waals surface area (Å²) in [5.41, 5.74) is -1.22. The zero-order valence-electron chi connectivity index (χ0n) is 11.2. The fourth-order valence-corrected chi connectivity index (χ4v) is 2.18. The Morgan fingerprint density at radius 1 is 1.60 bits per heavy atom. The molecule has 0 aromatic carbocycles. The minimum atomic E-state index is -1.34. The summed E-state index contributed by atoms with van der Waals surface area (Å²) in [6.07, 6.45) is 0.990. The number of carboxylic acid groups (broad SMARTS) is 1. The number of ether oxygens (including phenoxy) is 1. The van der Waals surface area contributed by atoms with Gasteiger partial charge in [-0.1, -0.05) is 0 Å². The molecular weight excluding hydrogens is 266 g/mol. The monoisotopic (exact) mass is 281 g/mol. The van der Waals surface area contributed by atoms with E-state index in [0.29, 0.717) is 25.6 Å². The molecule has 1 saturated heterocycles. The summed E-state index contributed by atoms with van der Waals surface area (Å²) < 4.78 is 5.38. The van der Waals surface area contributed by atoms with Crippen molar-refractivity contribution in [2.75, 3.05) is 24.7 Å². The van der Waals surface area contributed by atoms with E-state index in [1.54, 1.807) is 0 Å². The van der Waals surface area contributed by atoms with Gasteiger partial charge in [0.25, 0.3) is 0 Å². The van der Waals surface area contributed by atoms with Gasteiger partial charge < -0.3 is 14.7 Å². The van der Waals surface area contributed by atoms with Gasteiger partial charge in [-0.3, -0.25) is 10.1 Å². The molecule has 1 N–H and O–H groups in total. The van der Waals surface area contributed by atoms with E-state index in [1.165, 1.54) is 6.07 Å². The molecule has 1 aliphatic heterocycles. The van der Waals surface area contributed by atoms with E-state index in [9.17, 15) is 14.9 Å². The van der Waals surface area contributed by atoms with E-state index in [2.05, 4.69) is 4.98 Å². The van der Waals surface area contributed by atoms with E-state index in [0.717, 1.165) is 6.20 Å². The van der Waals surface area contributed by atoms with Crippen LogP contribution in [-0.2, 0) is 4.74 Å². The molecule has 1 aromatic rings. The molecule has 1 aliphatic rings. The van der Waals surface area contributed by atoms with Gasteiger partial charge in [-0.2, -0.15) is 0 Å². The first-order valence-electron chi connectivity index (χ1n) is 6.06. The number of rotatable bonds is 3. The van der Waals surface area contributed by atoms with Gasteiger partial charge >= 0.3 is 11.7 Å². The molecule has 0 saturated carbocycles. The topological polar surface area (TPSA) is 106 Å². The second-order valence-electron chi connectivity index (χ2n) is 5.14. The molecule has 2 rings (SSSR count). The lowest BCUT2D eigenvalue weighted by atomic mass is 10.0. The maximum Gasteiger partial charge on any atom is 0.342 e. The number of morpholine rings is 1. The molecule has 0 unspecified atom stereocenters. The fourth-order valence-electron chi connectivity index (χ4n) is 2.18. The van der Waals surface area contributed by atoms with Gasteiger partial charge in [0, 0.05) is 12.6 Å². The van der Waals surface area contributed by atoms with Crippen molar-refractivity contribution in [2.45, 2.75) is 19.4 Å². The van der Waals surface area contributed by atoms with E-state index < -0.39 is 16.6 Å². The molecule has 1 fully saturated rings. The van der Waals surface area contributed by atoms with Crippen molar-refractivity contribution in [3.05, 3.63) is 27.9 Å². The molecule has 0 aliphatic carbocycles. The Bertz CT molecular complexity index is 558. The molecule has 8 nitrogen and oxygen atoms in total. The van der Waals surface area contributed by atoms with Crippen LogP contribution in [-0.4, -0.2) is 46.3 Å². The maximum atomic E-state index is 11.1. The predicted molar refractivity (Wildman–Crippen MR) is 70.1 cm³/mol. The average Bonchev–Trinajstić information content (AvgIpc) is 2.37. The number of nitrogens with zero attached hydrogens (tertiary/aromatic N) is 3. The van der Waals surface area contributed by atoms with Crippen LogP contribution in [0.5, 0.6) is 0 Å². The Hall–Kier alpha value is -2.22. The van der Waals surface area contributed by atoms with Crippen LogP contribution in [0.25, 0.3) is 0 Å². The Morgan fingerprint density at radius 2 is 2.30 bits per heavy atom. The van der Waals surface area contributed by atoms with Crippen LogP contribution < -0.4 is 4.90 Å². The van der Waals surface area contributed by atoms with E-state index in [1.807, 2.05) is 18.7 Å². The van der Waals surface area contributed by atoms with Gasteiger partial charge in [0.1, 0.15) is 17.6 Å². The van der Waals surface area contributed by atoms with Gasteiger partial charge in [0.15, 0.2) is 0 Å². The molecule has 20 heavy (non-hydrogen) atoms. The molecule has 0 amide bonds. The number of anilines is 1. The lowest BCUT2D eigenvalue weighted by molar-refractivity contribution is -0.385. The summed E-state index contributed by atoms with van der Waals surface area (Å²) in [4.78, 5) is 27.1. The zero-order chi connectivity index (χ0) is 14.9. The summed E-state index contributed by atoms with van der Waals surface area (Å²) in [6, 6.07) is 1.24. The Balaban J connectivity index is 2.45. The molecule has 0 atom stereocenters. The van der Waals surface area contributed by atoms with Crippen molar-refractivity contribution in [2.24, 2.45) is 0 Å². The van der Waals surface area contributed by atoms with Crippen LogP contribution in [0.4, 0.5) is 11.5 Å². The Kier molecular flexibility index (Phi) is 3.58. The number of aromatic carboxylic acids is 1. The average molecular weight is 281 g/mol. The first-order valence-corrected chi connectivity index (χ1v) is 6.06. The highest BCUT2D eigenvalue weighted by molar-refractivity contribution is 5.93. The second kappa shape index (κ2) is 5.04. The van der Waals surface area contributed by atoms with Gasteiger partial charge in [-0.25, -0.2) is 9.78 Å². The van der Waals surface area contributed by atoms with Crippen molar-refractivity contribution in [3.63, 3.8) is 0 Å². The van der Waals surface area contributed by atoms with Crippen LogP contribution >= 0.6 is 0 Å². The first kappa shape index (κ1) is 14.2. The third-order valence-electron chi connectivity index (χ3n) is 3.22. The number of nitro groups is 1. The van der Waals surface area contributed by atoms with E-state index >= 15 is 0 Å². The molecular formula is C12H15N3O5. The van der Waals surface area contributed by atoms with Crippen LogP contribution in [0.3, 0.4) is 0 Å². The molecule has 8 heteroatoms. The third-order valence-corrected chi connectivity index (χ3v) is 3.22. The molecule has 2 heterocycles. The number of aromatic nitrogens is 1. The summed E-state index contributed by atoms with van der Waals surface area (Å²) in [7, 11) is 0. The normalized spacial score (nSPS) is 17.8. The number of hydrogen-bond acceptors (Lipinski definition) is 6. The van der Waals surface area contributed by atoms with Crippen LogP contribution in [0, 0.1) is 10.1 Å². The van der Waals surface area contributed by atoms with Gasteiger partial charge in [0.05, 0.1) is 23.7 Å². The lowest BCUT2D eigenvalue weighted by Crippen LogP contribution is -2.53. The van der Waals surface area contributed by atoms with Crippen LogP contribution in [0.1, 0.15) is 24.2 Å². The highest BCUT2D eigenvalue weighted by atomic mass is 16.6. The van der Waals surface area contributed by atoms with Crippen molar-refractivity contribution >= 4 is 17.5 Å². The Labute approximate surface area is 115 Å². The zero-order valence-corrected chi connectivity index (χ0v) is 11.2. The van der Waals surface area contributed by atoms with Crippen molar-refractivity contribution < 1.29 is 19.6 Å². The van der Waals surface area contributed by atoms with Crippen LogP contribution in [0.2, 0.25) is 0 Å². The summed E-state index contributed by atoms with van der Waals surface area (Å²) >= 11 is 0. The number of carboxylic acids is 1. The summed E-state index contributed by atoms with van der Waals surface area (Å²) in [5.74, 6) is -0.937. The SMILES string of the molecule is CC1(C)COCCN1c1cc(C(=O)O)c([N+](=O)[O-])cn1. The minimum absolute atomic E-state index is 0.350. The van der Waals surface area contributed by atoms with Crippen molar-refractivity contribution in [3.8, 4) is 0 Å². The number of hydrogen-bond donors (Lipinski definition) is 1. The Morgan fingerprint density at radius 3 is 2.85 bits per heavy atom. The second-order valence-corrected chi connectivity index (χ2v) is 5.14. The van der Waals surface area contributed by atoms with Crippen molar-refractivity contribution in [1.29, 1.82) is 0 Å².